The first-order valence-corrected chi connectivity index (χ1v) is 9.54. The number of hydrogen-bond donors (Lipinski definition) is 2. The van der Waals surface area contributed by atoms with Crippen molar-refractivity contribution in [2.24, 2.45) is 5.92 Å². The van der Waals surface area contributed by atoms with Crippen LogP contribution in [0.25, 0.3) is 11.4 Å². The molecule has 0 aliphatic rings. The minimum atomic E-state index is -0.653. The first-order chi connectivity index (χ1) is 14.0. The molecule has 2 amide bonds. The van der Waals surface area contributed by atoms with Gasteiger partial charge < -0.3 is 10.6 Å². The summed E-state index contributed by atoms with van der Waals surface area (Å²) < 4.78 is 0. The number of hydrogen-bond acceptors (Lipinski definition) is 4. The number of carbonyl (C=O) groups is 2. The van der Waals surface area contributed by atoms with Gasteiger partial charge in [0.05, 0.1) is 24.5 Å². The third-order valence-electron chi connectivity index (χ3n) is 4.42. The first kappa shape index (κ1) is 20.2. The van der Waals surface area contributed by atoms with E-state index >= 15 is 0 Å². The van der Waals surface area contributed by atoms with E-state index in [1.807, 2.05) is 74.5 Å². The molecule has 0 aliphatic heterocycles. The lowest BCUT2D eigenvalue weighted by atomic mass is 10.0. The van der Waals surface area contributed by atoms with Gasteiger partial charge >= 0.3 is 0 Å². The van der Waals surface area contributed by atoms with Crippen LogP contribution in [-0.4, -0.2) is 27.8 Å². The van der Waals surface area contributed by atoms with Gasteiger partial charge in [-0.1, -0.05) is 74.5 Å². The molecule has 0 saturated heterocycles. The van der Waals surface area contributed by atoms with Gasteiger partial charge in [-0.3, -0.25) is 9.59 Å². The minimum Gasteiger partial charge on any atom is -0.344 e. The molecule has 6 nitrogen and oxygen atoms in total. The van der Waals surface area contributed by atoms with Crippen LogP contribution in [0, 0.1) is 5.92 Å². The van der Waals surface area contributed by atoms with Crippen molar-refractivity contribution < 1.29 is 9.59 Å². The van der Waals surface area contributed by atoms with E-state index in [4.69, 9.17) is 0 Å². The van der Waals surface area contributed by atoms with Crippen molar-refractivity contribution in [1.82, 2.24) is 15.3 Å². The van der Waals surface area contributed by atoms with Gasteiger partial charge in [-0.2, -0.15) is 0 Å². The Bertz CT molecular complexity index is 942. The second-order valence-corrected chi connectivity index (χ2v) is 7.10. The summed E-state index contributed by atoms with van der Waals surface area (Å²) in [4.78, 5) is 33.7. The Morgan fingerprint density at radius 3 is 2.07 bits per heavy atom. The summed E-state index contributed by atoms with van der Waals surface area (Å²) in [6, 6.07) is 18.4. The zero-order valence-corrected chi connectivity index (χ0v) is 16.5. The van der Waals surface area contributed by atoms with Crippen LogP contribution < -0.4 is 10.6 Å². The Morgan fingerprint density at radius 1 is 0.897 bits per heavy atom. The van der Waals surface area contributed by atoms with Crippen LogP contribution >= 0.6 is 0 Å². The number of anilines is 1. The Kier molecular flexibility index (Phi) is 6.68. The standard InChI is InChI=1S/C23H24N4O2/c1-16(2)21(27-20(28)13-17-9-5-3-6-10-17)23(29)26-19-14-24-22(25-15-19)18-11-7-4-8-12-18/h3-12,14-16,21H,13H2,1-2H3,(H,26,29)(H,27,28). The molecule has 1 unspecified atom stereocenters. The van der Waals surface area contributed by atoms with E-state index in [0.717, 1.165) is 11.1 Å². The molecule has 3 rings (SSSR count). The molecule has 2 N–H and O–H groups in total. The molecule has 1 heterocycles. The van der Waals surface area contributed by atoms with E-state index < -0.39 is 6.04 Å². The van der Waals surface area contributed by atoms with Crippen molar-refractivity contribution in [3.05, 3.63) is 78.6 Å². The van der Waals surface area contributed by atoms with Crippen LogP contribution in [0.2, 0.25) is 0 Å². The van der Waals surface area contributed by atoms with Crippen molar-refractivity contribution in [2.45, 2.75) is 26.3 Å². The summed E-state index contributed by atoms with van der Waals surface area (Å²) >= 11 is 0. The second kappa shape index (κ2) is 9.59. The van der Waals surface area contributed by atoms with Crippen LogP contribution in [0.5, 0.6) is 0 Å². The summed E-state index contributed by atoms with van der Waals surface area (Å²) in [6.07, 6.45) is 3.36. The zero-order chi connectivity index (χ0) is 20.6. The maximum absolute atomic E-state index is 12.7. The molecule has 0 aliphatic carbocycles. The lowest BCUT2D eigenvalue weighted by Crippen LogP contribution is -2.47. The van der Waals surface area contributed by atoms with E-state index in [9.17, 15) is 9.59 Å². The largest absolute Gasteiger partial charge is 0.344 e. The van der Waals surface area contributed by atoms with Gasteiger partial charge in [-0.15, -0.1) is 0 Å². The summed E-state index contributed by atoms with van der Waals surface area (Å²) in [5.41, 5.74) is 2.29. The molecule has 148 valence electrons. The molecule has 6 heteroatoms. The molecule has 1 aromatic heterocycles. The normalized spacial score (nSPS) is 11.7. The van der Waals surface area contributed by atoms with Crippen LogP contribution in [0.1, 0.15) is 19.4 Å². The third-order valence-corrected chi connectivity index (χ3v) is 4.42. The molecule has 0 fully saturated rings. The predicted molar refractivity (Wildman–Crippen MR) is 113 cm³/mol. The molecule has 3 aromatic rings. The fourth-order valence-electron chi connectivity index (χ4n) is 2.89. The first-order valence-electron chi connectivity index (χ1n) is 9.54. The van der Waals surface area contributed by atoms with Crippen LogP contribution in [0.3, 0.4) is 0 Å². The summed E-state index contributed by atoms with van der Waals surface area (Å²) in [5, 5.41) is 5.62. The zero-order valence-electron chi connectivity index (χ0n) is 16.5. The van der Waals surface area contributed by atoms with Crippen LogP contribution in [0.15, 0.2) is 73.1 Å². The Hall–Kier alpha value is -3.54. The lowest BCUT2D eigenvalue weighted by Gasteiger charge is -2.21. The minimum absolute atomic E-state index is 0.0702. The SMILES string of the molecule is CC(C)C(NC(=O)Cc1ccccc1)C(=O)Nc1cnc(-c2ccccc2)nc1. The van der Waals surface area contributed by atoms with Crippen molar-refractivity contribution in [1.29, 1.82) is 0 Å². The van der Waals surface area contributed by atoms with Gasteiger partial charge in [0.25, 0.3) is 0 Å². The molecule has 0 spiro atoms. The molecular formula is C23H24N4O2. The van der Waals surface area contributed by atoms with Crippen molar-refractivity contribution in [3.8, 4) is 11.4 Å². The van der Waals surface area contributed by atoms with E-state index in [0.29, 0.717) is 11.5 Å². The molecule has 0 saturated carbocycles. The second-order valence-electron chi connectivity index (χ2n) is 7.10. The van der Waals surface area contributed by atoms with Gasteiger partial charge in [-0.25, -0.2) is 9.97 Å². The molecule has 0 bridgehead atoms. The predicted octanol–water partition coefficient (Wildman–Crippen LogP) is 3.47. The lowest BCUT2D eigenvalue weighted by molar-refractivity contribution is -0.127. The molecule has 2 aromatic carbocycles. The number of rotatable bonds is 7. The van der Waals surface area contributed by atoms with Crippen molar-refractivity contribution >= 4 is 17.5 Å². The molecule has 29 heavy (non-hydrogen) atoms. The van der Waals surface area contributed by atoms with Gasteiger partial charge in [0.15, 0.2) is 5.82 Å². The topological polar surface area (TPSA) is 84.0 Å². The summed E-state index contributed by atoms with van der Waals surface area (Å²) in [5.74, 6) is 0.0256. The summed E-state index contributed by atoms with van der Waals surface area (Å²) in [6.45, 7) is 3.78. The molecule has 0 radical (unpaired) electrons. The number of nitrogens with one attached hydrogen (secondary N) is 2. The maximum atomic E-state index is 12.7. The average molecular weight is 388 g/mol. The highest BCUT2D eigenvalue weighted by Gasteiger charge is 2.24. The highest BCUT2D eigenvalue weighted by Crippen LogP contribution is 2.15. The van der Waals surface area contributed by atoms with E-state index in [-0.39, 0.29) is 24.2 Å². The number of aromatic nitrogens is 2. The highest BCUT2D eigenvalue weighted by atomic mass is 16.2. The number of benzene rings is 2. The average Bonchev–Trinajstić information content (AvgIpc) is 2.73. The van der Waals surface area contributed by atoms with Gasteiger partial charge in [0, 0.05) is 5.56 Å². The van der Waals surface area contributed by atoms with Crippen molar-refractivity contribution in [3.63, 3.8) is 0 Å². The van der Waals surface area contributed by atoms with Crippen LogP contribution in [-0.2, 0) is 16.0 Å². The van der Waals surface area contributed by atoms with Gasteiger partial charge in [0.2, 0.25) is 11.8 Å². The quantitative estimate of drug-likeness (QED) is 0.649. The molecule has 1 atom stereocenters. The van der Waals surface area contributed by atoms with Gasteiger partial charge in [-0.05, 0) is 11.5 Å². The smallest absolute Gasteiger partial charge is 0.247 e. The number of amides is 2. The maximum Gasteiger partial charge on any atom is 0.247 e. The van der Waals surface area contributed by atoms with E-state index in [1.54, 1.807) is 12.4 Å². The fraction of sp³-hybridized carbons (Fsp3) is 0.217. The van der Waals surface area contributed by atoms with Gasteiger partial charge in [0.1, 0.15) is 6.04 Å². The highest BCUT2D eigenvalue weighted by molar-refractivity contribution is 5.97. The van der Waals surface area contributed by atoms with E-state index in [2.05, 4.69) is 20.6 Å². The summed E-state index contributed by atoms with van der Waals surface area (Å²) in [7, 11) is 0. The number of carbonyl (C=O) groups excluding carboxylic acids is 2. The van der Waals surface area contributed by atoms with Crippen LogP contribution in [0.4, 0.5) is 5.69 Å². The Balaban J connectivity index is 1.62. The Labute approximate surface area is 170 Å². The third kappa shape index (κ3) is 5.72. The Morgan fingerprint density at radius 2 is 1.48 bits per heavy atom. The van der Waals surface area contributed by atoms with E-state index in [1.165, 1.54) is 0 Å². The molecular weight excluding hydrogens is 364 g/mol. The number of nitrogens with zero attached hydrogens (tertiary/aromatic N) is 2. The van der Waals surface area contributed by atoms with Crippen molar-refractivity contribution in [2.75, 3.05) is 5.32 Å². The monoisotopic (exact) mass is 388 g/mol. The fourth-order valence-corrected chi connectivity index (χ4v) is 2.89.